The maximum Gasteiger partial charge on any atom is 0.134 e. The average molecular weight is 369 g/mol. The number of ether oxygens (including phenoxy) is 1. The third-order valence-electron chi connectivity index (χ3n) is 4.84. The van der Waals surface area contributed by atoms with Gasteiger partial charge in [0.25, 0.3) is 0 Å². The smallest absolute Gasteiger partial charge is 0.134 e. The van der Waals surface area contributed by atoms with E-state index in [1.807, 2.05) is 46.6 Å². The van der Waals surface area contributed by atoms with Gasteiger partial charge in [0.1, 0.15) is 17.4 Å². The van der Waals surface area contributed by atoms with Crippen LogP contribution in [0.15, 0.2) is 42.1 Å². The third kappa shape index (κ3) is 5.65. The van der Waals surface area contributed by atoms with Gasteiger partial charge < -0.3 is 21.4 Å². The van der Waals surface area contributed by atoms with Crippen LogP contribution in [0, 0.1) is 33.1 Å². The van der Waals surface area contributed by atoms with Crippen molar-refractivity contribution in [2.24, 2.45) is 0 Å². The summed E-state index contributed by atoms with van der Waals surface area (Å²) in [6, 6.07) is 2.11. The van der Waals surface area contributed by atoms with Gasteiger partial charge in [0, 0.05) is 18.5 Å². The summed E-state index contributed by atoms with van der Waals surface area (Å²) in [4.78, 5) is 6.58. The highest BCUT2D eigenvalue weighted by atomic mass is 16.5. The summed E-state index contributed by atoms with van der Waals surface area (Å²) in [6.07, 6.45) is 7.21. The molecule has 0 fully saturated rings. The van der Waals surface area contributed by atoms with E-state index in [9.17, 15) is 0 Å². The Morgan fingerprint density at radius 3 is 2.30 bits per heavy atom. The first-order valence-electron chi connectivity index (χ1n) is 8.53. The lowest BCUT2D eigenvalue weighted by Gasteiger charge is -2.40. The Morgan fingerprint density at radius 1 is 1.22 bits per heavy atom. The quantitative estimate of drug-likeness (QED) is 0.383. The number of hydrogen-bond acceptors (Lipinski definition) is 4. The summed E-state index contributed by atoms with van der Waals surface area (Å²) in [5.41, 5.74) is 3.32. The summed E-state index contributed by atoms with van der Waals surface area (Å²) < 4.78 is 5.82. The van der Waals surface area contributed by atoms with E-state index in [4.69, 9.17) is 11.2 Å². The SMILES string of the molecule is C.[C-]#C/C(C)=C(/C)OC(=C)C(C)(C)N(C)C(=C)Nc1nc(C)c(C)cc1C. The van der Waals surface area contributed by atoms with E-state index in [0.717, 1.165) is 22.6 Å². The molecule has 0 unspecified atom stereocenters. The summed E-state index contributed by atoms with van der Waals surface area (Å²) in [5.74, 6) is 4.98. The predicted octanol–water partition coefficient (Wildman–Crippen LogP) is 5.65. The molecule has 0 amide bonds. The topological polar surface area (TPSA) is 37.4 Å². The van der Waals surface area contributed by atoms with Crippen molar-refractivity contribution in [1.82, 2.24) is 9.88 Å². The van der Waals surface area contributed by atoms with Crippen molar-refractivity contribution in [3.05, 3.63) is 65.4 Å². The first-order valence-corrected chi connectivity index (χ1v) is 8.53. The maximum absolute atomic E-state index is 7.21. The molecule has 0 spiro atoms. The van der Waals surface area contributed by atoms with Crippen LogP contribution >= 0.6 is 0 Å². The van der Waals surface area contributed by atoms with Gasteiger partial charge in [-0.25, -0.2) is 4.98 Å². The van der Waals surface area contributed by atoms with Gasteiger partial charge in [-0.05, 0) is 52.7 Å². The molecule has 0 bridgehead atoms. The van der Waals surface area contributed by atoms with E-state index in [1.165, 1.54) is 0 Å². The number of rotatable bonds is 7. The Bertz CT molecular complexity index is 795. The molecule has 0 atom stereocenters. The molecular formula is C23H34N3O-. The van der Waals surface area contributed by atoms with Crippen molar-refractivity contribution < 1.29 is 4.74 Å². The largest absolute Gasteiger partial charge is 0.482 e. The lowest BCUT2D eigenvalue weighted by molar-refractivity contribution is 0.150. The van der Waals surface area contributed by atoms with Gasteiger partial charge in [-0.3, -0.25) is 5.92 Å². The second-order valence-corrected chi connectivity index (χ2v) is 7.08. The fraction of sp³-hybridized carbons (Fsp3) is 0.435. The van der Waals surface area contributed by atoms with Crippen molar-refractivity contribution >= 4 is 5.82 Å². The fourth-order valence-electron chi connectivity index (χ4n) is 2.19. The van der Waals surface area contributed by atoms with E-state index in [2.05, 4.69) is 35.4 Å². The second-order valence-electron chi connectivity index (χ2n) is 7.08. The molecule has 0 radical (unpaired) electrons. The number of aryl methyl sites for hydroxylation is 3. The molecule has 0 aliphatic carbocycles. The molecule has 1 heterocycles. The van der Waals surface area contributed by atoms with Gasteiger partial charge in [-0.1, -0.05) is 33.6 Å². The number of nitrogens with zero attached hydrogens (tertiary/aromatic N) is 2. The number of allylic oxidation sites excluding steroid dienone is 2. The van der Waals surface area contributed by atoms with Gasteiger partial charge in [0.15, 0.2) is 0 Å². The minimum absolute atomic E-state index is 0. The summed E-state index contributed by atoms with van der Waals surface area (Å²) in [6.45, 7) is 21.8. The molecule has 148 valence electrons. The van der Waals surface area contributed by atoms with Crippen LogP contribution in [0.5, 0.6) is 0 Å². The molecule has 0 saturated carbocycles. The van der Waals surface area contributed by atoms with Crippen LogP contribution in [0.1, 0.15) is 51.9 Å². The van der Waals surface area contributed by atoms with Crippen molar-refractivity contribution in [2.75, 3.05) is 12.4 Å². The number of hydrogen-bond donors (Lipinski definition) is 1. The Kier molecular flexibility index (Phi) is 8.40. The number of likely N-dealkylation sites (N-methyl/N-ethyl adjacent to an activating group) is 1. The molecule has 1 aromatic heterocycles. The number of aromatic nitrogens is 1. The van der Waals surface area contributed by atoms with Gasteiger partial charge in [0.2, 0.25) is 0 Å². The van der Waals surface area contributed by atoms with E-state index in [0.29, 0.717) is 22.9 Å². The lowest BCUT2D eigenvalue weighted by Crippen LogP contribution is -2.44. The molecule has 0 aromatic carbocycles. The first kappa shape index (κ1) is 24.3. The van der Waals surface area contributed by atoms with Crippen LogP contribution in [0.3, 0.4) is 0 Å². The molecule has 1 N–H and O–H groups in total. The van der Waals surface area contributed by atoms with Crippen molar-refractivity contribution in [2.45, 2.75) is 61.4 Å². The fourth-order valence-corrected chi connectivity index (χ4v) is 2.19. The van der Waals surface area contributed by atoms with Crippen LogP contribution in [0.25, 0.3) is 0 Å². The Balaban J connectivity index is 0.00000676. The monoisotopic (exact) mass is 368 g/mol. The zero-order chi connectivity index (χ0) is 20.2. The van der Waals surface area contributed by atoms with Crippen LogP contribution in [-0.4, -0.2) is 22.5 Å². The van der Waals surface area contributed by atoms with Gasteiger partial charge in [0.05, 0.1) is 5.54 Å². The Hall–Kier alpha value is -2.67. The van der Waals surface area contributed by atoms with Crippen molar-refractivity contribution in [3.8, 4) is 5.92 Å². The van der Waals surface area contributed by atoms with Crippen LogP contribution in [0.4, 0.5) is 5.82 Å². The molecule has 0 aliphatic heterocycles. The van der Waals surface area contributed by atoms with Gasteiger partial charge in [-0.15, -0.1) is 5.57 Å². The van der Waals surface area contributed by atoms with Crippen LogP contribution < -0.4 is 5.32 Å². The zero-order valence-electron chi connectivity index (χ0n) is 17.3. The summed E-state index contributed by atoms with van der Waals surface area (Å²) in [7, 11) is 1.93. The van der Waals surface area contributed by atoms with E-state index in [1.54, 1.807) is 13.8 Å². The molecule has 0 aliphatic rings. The highest BCUT2D eigenvalue weighted by Gasteiger charge is 2.30. The first-order chi connectivity index (χ1) is 11.9. The van der Waals surface area contributed by atoms with E-state index >= 15 is 0 Å². The minimum atomic E-state index is -0.526. The van der Waals surface area contributed by atoms with Gasteiger partial charge in [-0.2, -0.15) is 0 Å². The number of pyridine rings is 1. The molecule has 1 aromatic rings. The Morgan fingerprint density at radius 2 is 1.78 bits per heavy atom. The third-order valence-corrected chi connectivity index (χ3v) is 4.84. The molecular weight excluding hydrogens is 334 g/mol. The zero-order valence-corrected chi connectivity index (χ0v) is 17.3. The minimum Gasteiger partial charge on any atom is -0.482 e. The van der Waals surface area contributed by atoms with Crippen molar-refractivity contribution in [1.29, 1.82) is 0 Å². The molecule has 0 saturated heterocycles. The predicted molar refractivity (Wildman–Crippen MR) is 116 cm³/mol. The molecule has 4 heteroatoms. The van der Waals surface area contributed by atoms with Gasteiger partial charge >= 0.3 is 0 Å². The normalized spacial score (nSPS) is 11.5. The maximum atomic E-state index is 7.21. The summed E-state index contributed by atoms with van der Waals surface area (Å²) >= 11 is 0. The highest BCUT2D eigenvalue weighted by Crippen LogP contribution is 2.28. The van der Waals surface area contributed by atoms with Crippen LogP contribution in [0.2, 0.25) is 0 Å². The Labute approximate surface area is 166 Å². The standard InChI is InChI=1S/C22H30N3O.CH4/c1-12-14(2)18(6)26-19(7)22(9,10)25(11)20(8)24-21-16(4)13-15(3)17(5)23-21;/h13H,7-8H2,2-6,9-11H3,(H,23,24);1H4/q-1;/b18-14-;. The summed E-state index contributed by atoms with van der Waals surface area (Å²) in [5, 5.41) is 3.30. The average Bonchev–Trinajstić information content (AvgIpc) is 2.57. The second kappa shape index (κ2) is 9.32. The molecule has 4 nitrogen and oxygen atoms in total. The van der Waals surface area contributed by atoms with E-state index < -0.39 is 5.54 Å². The molecule has 1 rings (SSSR count). The van der Waals surface area contributed by atoms with E-state index in [-0.39, 0.29) is 7.43 Å². The highest BCUT2D eigenvalue weighted by molar-refractivity contribution is 5.50. The number of nitrogens with one attached hydrogen (secondary N) is 1. The number of anilines is 1. The molecule has 27 heavy (non-hydrogen) atoms. The lowest BCUT2D eigenvalue weighted by atomic mass is 10.0. The van der Waals surface area contributed by atoms with Crippen LogP contribution in [-0.2, 0) is 4.74 Å². The van der Waals surface area contributed by atoms with Crippen molar-refractivity contribution in [3.63, 3.8) is 0 Å².